The molecule has 0 fully saturated rings. The fourth-order valence-corrected chi connectivity index (χ4v) is 2.25. The zero-order chi connectivity index (χ0) is 16.9. The number of carbonyl (C=O) groups is 1. The molecule has 0 saturated carbocycles. The van der Waals surface area contributed by atoms with E-state index in [2.05, 4.69) is 10.4 Å². The number of benzene rings is 2. The van der Waals surface area contributed by atoms with Gasteiger partial charge in [0.1, 0.15) is 11.6 Å². The lowest BCUT2D eigenvalue weighted by molar-refractivity contribution is 0.102. The van der Waals surface area contributed by atoms with Crippen molar-refractivity contribution in [3.8, 4) is 5.75 Å². The van der Waals surface area contributed by atoms with Crippen LogP contribution >= 0.6 is 0 Å². The van der Waals surface area contributed by atoms with Gasteiger partial charge >= 0.3 is 0 Å². The maximum absolute atomic E-state index is 13.7. The van der Waals surface area contributed by atoms with Crippen LogP contribution in [0.1, 0.15) is 15.9 Å². The highest BCUT2D eigenvalue weighted by Gasteiger charge is 2.09. The second-order valence-corrected chi connectivity index (χ2v) is 5.17. The molecular formula is C18H16FN3O2. The SMILES string of the molecule is COc1ccc(C(=O)Nc2ccn(Cc3ccccc3F)n2)cc1. The van der Waals surface area contributed by atoms with E-state index in [4.69, 9.17) is 4.74 Å². The van der Waals surface area contributed by atoms with Crippen molar-refractivity contribution in [3.63, 3.8) is 0 Å². The number of halogens is 1. The molecule has 0 radical (unpaired) electrons. The minimum Gasteiger partial charge on any atom is -0.497 e. The van der Waals surface area contributed by atoms with Crippen molar-refractivity contribution < 1.29 is 13.9 Å². The molecule has 0 aliphatic rings. The molecule has 122 valence electrons. The molecule has 0 saturated heterocycles. The monoisotopic (exact) mass is 325 g/mol. The fourth-order valence-electron chi connectivity index (χ4n) is 2.25. The standard InChI is InChI=1S/C18H16FN3O2/c1-24-15-8-6-13(7-9-15)18(23)20-17-10-11-22(21-17)12-14-4-2-3-5-16(14)19/h2-11H,12H2,1H3,(H,20,21,23). The van der Waals surface area contributed by atoms with Gasteiger partial charge in [-0.1, -0.05) is 18.2 Å². The first-order valence-electron chi connectivity index (χ1n) is 7.38. The zero-order valence-electron chi connectivity index (χ0n) is 13.1. The molecule has 3 rings (SSSR count). The Labute approximate surface area is 138 Å². The lowest BCUT2D eigenvalue weighted by Crippen LogP contribution is -2.13. The number of aromatic nitrogens is 2. The van der Waals surface area contributed by atoms with E-state index in [1.165, 1.54) is 6.07 Å². The molecule has 0 spiro atoms. The van der Waals surface area contributed by atoms with Crippen molar-refractivity contribution in [2.45, 2.75) is 6.54 Å². The Morgan fingerprint density at radius 1 is 1.17 bits per heavy atom. The molecule has 3 aromatic rings. The summed E-state index contributed by atoms with van der Waals surface area (Å²) in [5.74, 6) is 0.540. The lowest BCUT2D eigenvalue weighted by atomic mass is 10.2. The van der Waals surface area contributed by atoms with Crippen molar-refractivity contribution in [2.24, 2.45) is 0 Å². The Bertz CT molecular complexity index is 843. The Kier molecular flexibility index (Phi) is 4.56. The lowest BCUT2D eigenvalue weighted by Gasteiger charge is -2.05. The van der Waals surface area contributed by atoms with Crippen molar-refractivity contribution in [3.05, 3.63) is 77.7 Å². The highest BCUT2D eigenvalue weighted by molar-refractivity contribution is 6.03. The maximum atomic E-state index is 13.7. The van der Waals surface area contributed by atoms with Gasteiger partial charge in [0.15, 0.2) is 5.82 Å². The Balaban J connectivity index is 1.67. The molecule has 5 nitrogen and oxygen atoms in total. The van der Waals surface area contributed by atoms with Gasteiger partial charge in [0.25, 0.3) is 5.91 Å². The van der Waals surface area contributed by atoms with Crippen molar-refractivity contribution in [2.75, 3.05) is 12.4 Å². The van der Waals surface area contributed by atoms with E-state index >= 15 is 0 Å². The van der Waals surface area contributed by atoms with E-state index in [9.17, 15) is 9.18 Å². The Morgan fingerprint density at radius 3 is 2.62 bits per heavy atom. The topological polar surface area (TPSA) is 56.1 Å². The summed E-state index contributed by atoms with van der Waals surface area (Å²) < 4.78 is 20.3. The van der Waals surface area contributed by atoms with Crippen molar-refractivity contribution in [1.82, 2.24) is 9.78 Å². The molecule has 2 aromatic carbocycles. The fraction of sp³-hybridized carbons (Fsp3) is 0.111. The molecule has 1 aromatic heterocycles. The summed E-state index contributed by atoms with van der Waals surface area (Å²) in [6.45, 7) is 0.297. The molecule has 1 heterocycles. The van der Waals surface area contributed by atoms with Crippen LogP contribution in [0.2, 0.25) is 0 Å². The number of rotatable bonds is 5. The predicted octanol–water partition coefficient (Wildman–Crippen LogP) is 3.33. The molecule has 0 aliphatic carbocycles. The van der Waals surface area contributed by atoms with Crippen LogP contribution < -0.4 is 10.1 Å². The minimum atomic E-state index is -0.281. The highest BCUT2D eigenvalue weighted by atomic mass is 19.1. The second-order valence-electron chi connectivity index (χ2n) is 5.17. The van der Waals surface area contributed by atoms with Crippen LogP contribution in [0.3, 0.4) is 0 Å². The number of carbonyl (C=O) groups excluding carboxylic acids is 1. The van der Waals surface area contributed by atoms with Crippen LogP contribution in [0.15, 0.2) is 60.8 Å². The number of nitrogens with one attached hydrogen (secondary N) is 1. The summed E-state index contributed by atoms with van der Waals surface area (Å²) >= 11 is 0. The quantitative estimate of drug-likeness (QED) is 0.783. The minimum absolute atomic E-state index is 0.270. The maximum Gasteiger partial charge on any atom is 0.256 e. The van der Waals surface area contributed by atoms with Gasteiger partial charge in [0.2, 0.25) is 0 Å². The number of methoxy groups -OCH3 is 1. The third kappa shape index (κ3) is 3.60. The molecule has 0 bridgehead atoms. The number of nitrogens with zero attached hydrogens (tertiary/aromatic N) is 2. The molecule has 0 unspecified atom stereocenters. The van der Waals surface area contributed by atoms with E-state index in [-0.39, 0.29) is 11.7 Å². The van der Waals surface area contributed by atoms with E-state index in [0.717, 1.165) is 0 Å². The van der Waals surface area contributed by atoms with E-state index in [1.54, 1.807) is 66.5 Å². The number of anilines is 1. The summed E-state index contributed by atoms with van der Waals surface area (Å²) in [5.41, 5.74) is 1.04. The average molecular weight is 325 g/mol. The third-order valence-corrected chi connectivity index (χ3v) is 3.52. The molecule has 24 heavy (non-hydrogen) atoms. The van der Waals surface area contributed by atoms with Gasteiger partial charge < -0.3 is 10.1 Å². The number of amides is 1. The van der Waals surface area contributed by atoms with Crippen LogP contribution in [-0.2, 0) is 6.54 Å². The summed E-state index contributed by atoms with van der Waals surface area (Å²) in [7, 11) is 1.57. The van der Waals surface area contributed by atoms with Crippen molar-refractivity contribution >= 4 is 11.7 Å². The van der Waals surface area contributed by atoms with E-state index in [0.29, 0.717) is 29.2 Å². The first-order chi connectivity index (χ1) is 11.7. The van der Waals surface area contributed by atoms with Crippen molar-refractivity contribution in [1.29, 1.82) is 0 Å². The number of hydrogen-bond acceptors (Lipinski definition) is 3. The Morgan fingerprint density at radius 2 is 1.92 bits per heavy atom. The summed E-state index contributed by atoms with van der Waals surface area (Å²) in [6.07, 6.45) is 1.69. The van der Waals surface area contributed by atoms with Gasteiger partial charge in [-0.25, -0.2) is 4.39 Å². The van der Waals surface area contributed by atoms with Gasteiger partial charge in [-0.05, 0) is 30.3 Å². The van der Waals surface area contributed by atoms with E-state index in [1.807, 2.05) is 0 Å². The van der Waals surface area contributed by atoms with Gasteiger partial charge in [0.05, 0.1) is 13.7 Å². The Hall–Kier alpha value is -3.15. The normalized spacial score (nSPS) is 10.4. The average Bonchev–Trinajstić information content (AvgIpc) is 3.04. The first kappa shape index (κ1) is 15.7. The van der Waals surface area contributed by atoms with Crippen LogP contribution in [0, 0.1) is 5.82 Å². The molecule has 0 atom stereocenters. The second kappa shape index (κ2) is 6.95. The van der Waals surface area contributed by atoms with Crippen LogP contribution in [0.5, 0.6) is 5.75 Å². The third-order valence-electron chi connectivity index (χ3n) is 3.52. The zero-order valence-corrected chi connectivity index (χ0v) is 13.1. The number of hydrogen-bond donors (Lipinski definition) is 1. The van der Waals surface area contributed by atoms with Crippen LogP contribution in [0.4, 0.5) is 10.2 Å². The molecule has 0 aliphatic heterocycles. The summed E-state index contributed by atoms with van der Waals surface area (Å²) in [5, 5.41) is 6.95. The first-order valence-corrected chi connectivity index (χ1v) is 7.38. The van der Waals surface area contributed by atoms with Gasteiger partial charge in [-0.3, -0.25) is 9.48 Å². The van der Waals surface area contributed by atoms with Gasteiger partial charge in [-0.2, -0.15) is 5.10 Å². The summed E-state index contributed by atoms with van der Waals surface area (Å²) in [4.78, 5) is 12.2. The van der Waals surface area contributed by atoms with E-state index < -0.39 is 0 Å². The number of ether oxygens (including phenoxy) is 1. The highest BCUT2D eigenvalue weighted by Crippen LogP contribution is 2.14. The molecular weight excluding hydrogens is 309 g/mol. The smallest absolute Gasteiger partial charge is 0.256 e. The van der Waals surface area contributed by atoms with Crippen LogP contribution in [0.25, 0.3) is 0 Å². The predicted molar refractivity (Wildman–Crippen MR) is 88.7 cm³/mol. The summed E-state index contributed by atoms with van der Waals surface area (Å²) in [6, 6.07) is 15.0. The van der Waals surface area contributed by atoms with Gasteiger partial charge in [-0.15, -0.1) is 0 Å². The van der Waals surface area contributed by atoms with Crippen LogP contribution in [-0.4, -0.2) is 22.8 Å². The molecule has 1 amide bonds. The molecule has 6 heteroatoms. The van der Waals surface area contributed by atoms with Gasteiger partial charge in [0, 0.05) is 23.4 Å². The molecule has 1 N–H and O–H groups in total. The largest absolute Gasteiger partial charge is 0.497 e.